The summed E-state index contributed by atoms with van der Waals surface area (Å²) in [6, 6.07) is 0. The number of hydrogen-bond donors (Lipinski definition) is 1. The second-order valence-corrected chi connectivity index (χ2v) is 4.93. The summed E-state index contributed by atoms with van der Waals surface area (Å²) < 4.78 is 7.58. The maximum Gasteiger partial charge on any atom is 0.140 e. The highest BCUT2D eigenvalue weighted by Gasteiger charge is 2.36. The first-order chi connectivity index (χ1) is 8.15. The summed E-state index contributed by atoms with van der Waals surface area (Å²) in [6.07, 6.45) is 4.01. The SMILES string of the molecule is CCCn1ncnc1CNC1(C)CCOC1C. The minimum absolute atomic E-state index is 0.0585. The molecule has 5 heteroatoms. The third kappa shape index (κ3) is 2.66. The first-order valence-corrected chi connectivity index (χ1v) is 6.39. The second kappa shape index (κ2) is 5.14. The molecule has 1 N–H and O–H groups in total. The van der Waals surface area contributed by atoms with Crippen molar-refractivity contribution in [3.8, 4) is 0 Å². The monoisotopic (exact) mass is 238 g/mol. The second-order valence-electron chi connectivity index (χ2n) is 4.93. The first kappa shape index (κ1) is 12.5. The van der Waals surface area contributed by atoms with E-state index in [9.17, 15) is 0 Å². The molecule has 1 aliphatic rings. The van der Waals surface area contributed by atoms with Crippen LogP contribution in [-0.4, -0.2) is 33.0 Å². The standard InChI is InChI=1S/C12H22N4O/c1-4-6-16-11(13-9-15-16)8-14-12(3)5-7-17-10(12)2/h9-10,14H,4-8H2,1-3H3. The topological polar surface area (TPSA) is 52.0 Å². The maximum atomic E-state index is 5.61. The molecule has 17 heavy (non-hydrogen) atoms. The van der Waals surface area contributed by atoms with Gasteiger partial charge in [-0.15, -0.1) is 0 Å². The molecule has 1 saturated heterocycles. The third-order valence-electron chi connectivity index (χ3n) is 3.67. The summed E-state index contributed by atoms with van der Waals surface area (Å²) in [5, 5.41) is 7.79. The van der Waals surface area contributed by atoms with Gasteiger partial charge in [-0.3, -0.25) is 0 Å². The molecule has 0 amide bonds. The van der Waals surface area contributed by atoms with E-state index in [4.69, 9.17) is 4.74 Å². The van der Waals surface area contributed by atoms with Crippen LogP contribution in [0.3, 0.4) is 0 Å². The Balaban J connectivity index is 1.95. The van der Waals surface area contributed by atoms with Crippen LogP contribution >= 0.6 is 0 Å². The molecule has 96 valence electrons. The Morgan fingerprint density at radius 1 is 1.65 bits per heavy atom. The highest BCUT2D eigenvalue weighted by atomic mass is 16.5. The smallest absolute Gasteiger partial charge is 0.140 e. The lowest BCUT2D eigenvalue weighted by atomic mass is 9.95. The Hall–Kier alpha value is -0.940. The minimum atomic E-state index is 0.0585. The van der Waals surface area contributed by atoms with Gasteiger partial charge < -0.3 is 10.1 Å². The van der Waals surface area contributed by atoms with Gasteiger partial charge in [-0.25, -0.2) is 9.67 Å². The van der Waals surface area contributed by atoms with Crippen LogP contribution in [0.4, 0.5) is 0 Å². The quantitative estimate of drug-likeness (QED) is 0.841. The zero-order valence-corrected chi connectivity index (χ0v) is 10.9. The van der Waals surface area contributed by atoms with Gasteiger partial charge in [-0.1, -0.05) is 6.92 Å². The number of aryl methyl sites for hydroxylation is 1. The molecule has 2 atom stereocenters. The van der Waals surface area contributed by atoms with Gasteiger partial charge in [0.15, 0.2) is 0 Å². The molecular formula is C12H22N4O. The van der Waals surface area contributed by atoms with E-state index in [-0.39, 0.29) is 11.6 Å². The van der Waals surface area contributed by atoms with Gasteiger partial charge in [0.05, 0.1) is 12.6 Å². The average molecular weight is 238 g/mol. The molecular weight excluding hydrogens is 216 g/mol. The van der Waals surface area contributed by atoms with Crippen molar-refractivity contribution in [2.75, 3.05) is 6.61 Å². The van der Waals surface area contributed by atoms with E-state index in [0.29, 0.717) is 0 Å². The van der Waals surface area contributed by atoms with Gasteiger partial charge in [0, 0.05) is 18.7 Å². The van der Waals surface area contributed by atoms with Crippen molar-refractivity contribution in [3.63, 3.8) is 0 Å². The lowest BCUT2D eigenvalue weighted by molar-refractivity contribution is 0.0877. The molecule has 0 saturated carbocycles. The van der Waals surface area contributed by atoms with E-state index in [1.54, 1.807) is 6.33 Å². The summed E-state index contributed by atoms with van der Waals surface area (Å²) in [5.74, 6) is 1.01. The molecule has 5 nitrogen and oxygen atoms in total. The van der Waals surface area contributed by atoms with Crippen molar-refractivity contribution in [2.24, 2.45) is 0 Å². The number of nitrogens with zero attached hydrogens (tertiary/aromatic N) is 3. The summed E-state index contributed by atoms with van der Waals surface area (Å²) in [7, 11) is 0. The van der Waals surface area contributed by atoms with Crippen LogP contribution in [0, 0.1) is 0 Å². The predicted octanol–water partition coefficient (Wildman–Crippen LogP) is 1.35. The summed E-state index contributed by atoms with van der Waals surface area (Å²) in [6.45, 7) is 9.01. The zero-order chi connectivity index (χ0) is 12.3. The lowest BCUT2D eigenvalue weighted by Crippen LogP contribution is -2.47. The van der Waals surface area contributed by atoms with Crippen LogP contribution in [0.2, 0.25) is 0 Å². The van der Waals surface area contributed by atoms with E-state index >= 15 is 0 Å². The van der Waals surface area contributed by atoms with E-state index in [0.717, 1.165) is 38.4 Å². The number of ether oxygens (including phenoxy) is 1. The maximum absolute atomic E-state index is 5.61. The fourth-order valence-electron chi connectivity index (χ4n) is 2.17. The minimum Gasteiger partial charge on any atom is -0.377 e. The van der Waals surface area contributed by atoms with E-state index in [1.807, 2.05) is 4.68 Å². The molecule has 1 aromatic heterocycles. The van der Waals surface area contributed by atoms with Crippen LogP contribution in [-0.2, 0) is 17.8 Å². The third-order valence-corrected chi connectivity index (χ3v) is 3.67. The molecule has 1 aliphatic heterocycles. The number of rotatable bonds is 5. The Morgan fingerprint density at radius 3 is 3.12 bits per heavy atom. The fraction of sp³-hybridized carbons (Fsp3) is 0.833. The Labute approximate surface area is 103 Å². The molecule has 2 rings (SSSR count). The van der Waals surface area contributed by atoms with Crippen LogP contribution in [0.25, 0.3) is 0 Å². The lowest BCUT2D eigenvalue weighted by Gasteiger charge is -2.28. The van der Waals surface area contributed by atoms with Crippen molar-refractivity contribution >= 4 is 0 Å². The normalized spacial score (nSPS) is 28.8. The van der Waals surface area contributed by atoms with Gasteiger partial charge in [0.25, 0.3) is 0 Å². The fourth-order valence-corrected chi connectivity index (χ4v) is 2.17. The van der Waals surface area contributed by atoms with Crippen LogP contribution in [0.1, 0.15) is 39.4 Å². The molecule has 0 spiro atoms. The molecule has 0 radical (unpaired) electrons. The van der Waals surface area contributed by atoms with Crippen molar-refractivity contribution in [1.29, 1.82) is 0 Å². The summed E-state index contributed by atoms with van der Waals surface area (Å²) >= 11 is 0. The van der Waals surface area contributed by atoms with E-state index in [1.165, 1.54) is 0 Å². The largest absolute Gasteiger partial charge is 0.377 e. The molecule has 1 fully saturated rings. The van der Waals surface area contributed by atoms with Crippen LogP contribution < -0.4 is 5.32 Å². The molecule has 2 heterocycles. The summed E-state index contributed by atoms with van der Waals surface area (Å²) in [5.41, 5.74) is 0.0585. The van der Waals surface area contributed by atoms with Crippen molar-refractivity contribution in [3.05, 3.63) is 12.2 Å². The van der Waals surface area contributed by atoms with Gasteiger partial charge in [0.1, 0.15) is 12.2 Å². The Bertz CT molecular complexity index is 365. The summed E-state index contributed by atoms with van der Waals surface area (Å²) in [4.78, 5) is 4.30. The number of nitrogens with one attached hydrogen (secondary N) is 1. The van der Waals surface area contributed by atoms with Gasteiger partial charge in [0.2, 0.25) is 0 Å². The van der Waals surface area contributed by atoms with Crippen LogP contribution in [0.5, 0.6) is 0 Å². The molecule has 1 aromatic rings. The average Bonchev–Trinajstić information content (AvgIpc) is 2.86. The van der Waals surface area contributed by atoms with E-state index < -0.39 is 0 Å². The number of hydrogen-bond acceptors (Lipinski definition) is 4. The van der Waals surface area contributed by atoms with E-state index in [2.05, 4.69) is 36.2 Å². The van der Waals surface area contributed by atoms with Crippen molar-refractivity contribution < 1.29 is 4.74 Å². The zero-order valence-electron chi connectivity index (χ0n) is 10.9. The number of aromatic nitrogens is 3. The van der Waals surface area contributed by atoms with Crippen molar-refractivity contribution in [2.45, 2.75) is 58.3 Å². The van der Waals surface area contributed by atoms with Gasteiger partial charge >= 0.3 is 0 Å². The Morgan fingerprint density at radius 2 is 2.47 bits per heavy atom. The highest BCUT2D eigenvalue weighted by molar-refractivity contribution is 4.96. The van der Waals surface area contributed by atoms with Gasteiger partial charge in [-0.2, -0.15) is 5.10 Å². The first-order valence-electron chi connectivity index (χ1n) is 6.39. The van der Waals surface area contributed by atoms with Crippen LogP contribution in [0.15, 0.2) is 6.33 Å². The van der Waals surface area contributed by atoms with Crippen molar-refractivity contribution in [1.82, 2.24) is 20.1 Å². The highest BCUT2D eigenvalue weighted by Crippen LogP contribution is 2.25. The molecule has 0 aromatic carbocycles. The Kier molecular flexibility index (Phi) is 3.79. The molecule has 0 aliphatic carbocycles. The predicted molar refractivity (Wildman–Crippen MR) is 65.6 cm³/mol. The van der Waals surface area contributed by atoms with Gasteiger partial charge in [-0.05, 0) is 26.7 Å². The molecule has 2 unspecified atom stereocenters. The molecule has 0 bridgehead atoms.